The van der Waals surface area contributed by atoms with Crippen LogP contribution in [0.25, 0.3) is 0 Å². The van der Waals surface area contributed by atoms with Crippen molar-refractivity contribution in [3.8, 4) is 6.07 Å². The molecule has 39 heavy (non-hydrogen) atoms. The zero-order chi connectivity index (χ0) is 28.1. The van der Waals surface area contributed by atoms with Crippen LogP contribution in [-0.2, 0) is 19.1 Å². The normalized spacial score (nSPS) is 15.4. The fraction of sp³-hybridized carbons (Fsp3) is 0.167. The number of aryl methyl sites for hydroxylation is 2. The predicted octanol–water partition coefficient (Wildman–Crippen LogP) is 5.62. The maximum atomic E-state index is 13.3. The maximum Gasteiger partial charge on any atom is 0.355 e. The van der Waals surface area contributed by atoms with Crippen LogP contribution >= 0.6 is 0 Å². The van der Waals surface area contributed by atoms with Gasteiger partial charge in [-0.3, -0.25) is 4.90 Å². The maximum absolute atomic E-state index is 13.3. The van der Waals surface area contributed by atoms with Gasteiger partial charge in [0.2, 0.25) is 0 Å². The van der Waals surface area contributed by atoms with Crippen molar-refractivity contribution >= 4 is 29.0 Å². The van der Waals surface area contributed by atoms with Gasteiger partial charge in [0.25, 0.3) is 0 Å². The van der Waals surface area contributed by atoms with Crippen LogP contribution in [0, 0.1) is 25.2 Å². The third kappa shape index (κ3) is 5.26. The molecule has 1 heterocycles. The first-order chi connectivity index (χ1) is 18.8. The van der Waals surface area contributed by atoms with Crippen molar-refractivity contribution in [1.82, 2.24) is 0 Å². The van der Waals surface area contributed by atoms with Crippen molar-refractivity contribution in [2.75, 3.05) is 19.1 Å². The number of rotatable bonds is 6. The van der Waals surface area contributed by atoms with Crippen molar-refractivity contribution in [3.05, 3.63) is 112 Å². The number of ether oxygens (including phenoxy) is 2. The molecule has 9 heteroatoms. The molecule has 1 aliphatic rings. The van der Waals surface area contributed by atoms with E-state index in [9.17, 15) is 14.9 Å². The fourth-order valence-corrected chi connectivity index (χ4v) is 4.39. The molecule has 3 aromatic rings. The molecule has 9 nitrogen and oxygen atoms in total. The van der Waals surface area contributed by atoms with E-state index in [4.69, 9.17) is 15.2 Å². The lowest BCUT2D eigenvalue weighted by molar-refractivity contribution is -0.139. The van der Waals surface area contributed by atoms with Gasteiger partial charge < -0.3 is 15.2 Å². The van der Waals surface area contributed by atoms with Crippen LogP contribution < -0.4 is 10.6 Å². The first-order valence-electron chi connectivity index (χ1n) is 12.0. The quantitative estimate of drug-likeness (QED) is 0.329. The topological polar surface area (TPSA) is 130 Å². The highest BCUT2D eigenvalue weighted by molar-refractivity contribution is 6.07. The number of esters is 2. The molecule has 3 aromatic carbocycles. The van der Waals surface area contributed by atoms with Crippen molar-refractivity contribution in [3.63, 3.8) is 0 Å². The van der Waals surface area contributed by atoms with E-state index in [-0.39, 0.29) is 22.7 Å². The SMILES string of the molecule is COC(=O)C1=C(C(=O)OC)N(c2ccc(C)cc2N=Nc2ccc(C)cc2)C(N)=C(C#N)C1c1ccccc1. The Hall–Kier alpha value is -5.23. The number of nitrogens with two attached hydrogens (primary N) is 1. The average Bonchev–Trinajstić information content (AvgIpc) is 2.96. The first kappa shape index (κ1) is 26.8. The summed E-state index contributed by atoms with van der Waals surface area (Å²) >= 11 is 0. The lowest BCUT2D eigenvalue weighted by atomic mass is 9.81. The van der Waals surface area contributed by atoms with Crippen molar-refractivity contribution in [1.29, 1.82) is 5.26 Å². The Morgan fingerprint density at radius 3 is 2.15 bits per heavy atom. The van der Waals surface area contributed by atoms with Gasteiger partial charge in [-0.25, -0.2) is 9.59 Å². The highest BCUT2D eigenvalue weighted by Crippen LogP contribution is 2.45. The molecule has 0 spiro atoms. The van der Waals surface area contributed by atoms with Gasteiger partial charge in [0.1, 0.15) is 17.2 Å². The van der Waals surface area contributed by atoms with Crippen molar-refractivity contribution < 1.29 is 19.1 Å². The number of carbonyl (C=O) groups excluding carboxylic acids is 2. The first-order valence-corrected chi connectivity index (χ1v) is 12.0. The molecule has 196 valence electrons. The van der Waals surface area contributed by atoms with Gasteiger partial charge in [-0.15, -0.1) is 5.11 Å². The number of azo groups is 1. The summed E-state index contributed by atoms with van der Waals surface area (Å²) in [5.41, 5.74) is 10.3. The Labute approximate surface area is 226 Å². The number of allylic oxidation sites excluding steroid dienone is 1. The predicted molar refractivity (Wildman–Crippen MR) is 146 cm³/mol. The molecule has 0 amide bonds. The van der Waals surface area contributed by atoms with Gasteiger partial charge in [-0.05, 0) is 49.2 Å². The van der Waals surface area contributed by atoms with Crippen molar-refractivity contribution in [2.45, 2.75) is 19.8 Å². The molecule has 0 aliphatic carbocycles. The standard InChI is InChI=1S/C30H27N5O4/c1-18-10-13-21(14-11-18)33-34-23-16-19(2)12-15-24(23)35-27(30(37)39-4)26(29(36)38-3)25(22(17-31)28(35)32)20-8-6-5-7-9-20/h5-16,25H,32H2,1-4H3. The number of nitriles is 1. The van der Waals surface area contributed by atoms with Crippen LogP contribution in [0.1, 0.15) is 22.6 Å². The smallest absolute Gasteiger partial charge is 0.355 e. The number of methoxy groups -OCH3 is 2. The van der Waals surface area contributed by atoms with Gasteiger partial charge in [-0.1, -0.05) is 54.1 Å². The molecular formula is C30H27N5O4. The van der Waals surface area contributed by atoms with Crippen LogP contribution in [-0.4, -0.2) is 26.2 Å². The summed E-state index contributed by atoms with van der Waals surface area (Å²) in [7, 11) is 2.41. The second-order valence-corrected chi connectivity index (χ2v) is 8.86. The number of anilines is 1. The minimum absolute atomic E-state index is 0.0463. The Balaban J connectivity index is 2.01. The summed E-state index contributed by atoms with van der Waals surface area (Å²) in [5, 5.41) is 19.1. The number of carbonyl (C=O) groups is 2. The van der Waals surface area contributed by atoms with Gasteiger partial charge in [-0.2, -0.15) is 10.4 Å². The lowest BCUT2D eigenvalue weighted by Crippen LogP contribution is -2.40. The van der Waals surface area contributed by atoms with E-state index >= 15 is 0 Å². The van der Waals surface area contributed by atoms with E-state index in [1.54, 1.807) is 48.5 Å². The minimum Gasteiger partial charge on any atom is -0.466 e. The number of nitrogens with zero attached hydrogens (tertiary/aromatic N) is 4. The number of benzene rings is 3. The Bertz CT molecular complexity index is 1550. The highest BCUT2D eigenvalue weighted by atomic mass is 16.5. The average molecular weight is 522 g/mol. The van der Waals surface area contributed by atoms with Gasteiger partial charge in [0.15, 0.2) is 0 Å². The van der Waals surface area contributed by atoms with Gasteiger partial charge >= 0.3 is 11.9 Å². The van der Waals surface area contributed by atoms with E-state index < -0.39 is 17.9 Å². The molecule has 0 saturated heterocycles. The largest absolute Gasteiger partial charge is 0.466 e. The second kappa shape index (κ2) is 11.4. The molecule has 1 unspecified atom stereocenters. The molecule has 2 N–H and O–H groups in total. The summed E-state index contributed by atoms with van der Waals surface area (Å²) in [6.45, 7) is 3.85. The second-order valence-electron chi connectivity index (χ2n) is 8.86. The van der Waals surface area contributed by atoms with Gasteiger partial charge in [0, 0.05) is 0 Å². The van der Waals surface area contributed by atoms with E-state index in [2.05, 4.69) is 16.3 Å². The van der Waals surface area contributed by atoms with Crippen molar-refractivity contribution in [2.24, 2.45) is 16.0 Å². The molecule has 4 rings (SSSR count). The summed E-state index contributed by atoms with van der Waals surface area (Å²) in [4.78, 5) is 27.9. The Morgan fingerprint density at radius 1 is 0.897 bits per heavy atom. The van der Waals surface area contributed by atoms with E-state index in [0.717, 1.165) is 11.1 Å². The summed E-state index contributed by atoms with van der Waals surface area (Å²) < 4.78 is 10.2. The van der Waals surface area contributed by atoms with E-state index in [0.29, 0.717) is 22.6 Å². The number of hydrogen-bond donors (Lipinski definition) is 1. The summed E-state index contributed by atoms with van der Waals surface area (Å²) in [6.07, 6.45) is 0. The van der Waals surface area contributed by atoms with Crippen LogP contribution in [0.3, 0.4) is 0 Å². The molecule has 0 saturated carbocycles. The van der Waals surface area contributed by atoms with Crippen LogP contribution in [0.15, 0.2) is 106 Å². The van der Waals surface area contributed by atoms with Crippen LogP contribution in [0.5, 0.6) is 0 Å². The molecular weight excluding hydrogens is 494 g/mol. The highest BCUT2D eigenvalue weighted by Gasteiger charge is 2.43. The molecule has 0 fully saturated rings. The molecule has 1 aliphatic heterocycles. The lowest BCUT2D eigenvalue weighted by Gasteiger charge is -2.36. The zero-order valence-corrected chi connectivity index (χ0v) is 22.0. The number of hydrogen-bond acceptors (Lipinski definition) is 9. The fourth-order valence-electron chi connectivity index (χ4n) is 4.39. The van der Waals surface area contributed by atoms with Gasteiger partial charge in [0.05, 0.1) is 48.7 Å². The zero-order valence-electron chi connectivity index (χ0n) is 22.0. The Morgan fingerprint density at radius 2 is 1.54 bits per heavy atom. The summed E-state index contributed by atoms with van der Waals surface area (Å²) in [5.74, 6) is -2.64. The molecule has 1 atom stereocenters. The van der Waals surface area contributed by atoms with Crippen LogP contribution in [0.4, 0.5) is 17.1 Å². The van der Waals surface area contributed by atoms with E-state index in [1.165, 1.54) is 19.1 Å². The summed E-state index contributed by atoms with van der Waals surface area (Å²) in [6, 6.07) is 23.7. The monoisotopic (exact) mass is 521 g/mol. The minimum atomic E-state index is -0.961. The van der Waals surface area contributed by atoms with E-state index in [1.807, 2.05) is 38.1 Å². The third-order valence-corrected chi connectivity index (χ3v) is 6.29. The Kier molecular flexibility index (Phi) is 7.87. The van der Waals surface area contributed by atoms with Crippen LogP contribution in [0.2, 0.25) is 0 Å². The third-order valence-electron chi connectivity index (χ3n) is 6.29. The molecule has 0 radical (unpaired) electrons. The molecule has 0 bridgehead atoms. The molecule has 0 aromatic heterocycles.